The molecule has 3 aromatic rings. The molecule has 3 aromatic carbocycles. The summed E-state index contributed by atoms with van der Waals surface area (Å²) in [4.78, 5) is 25.0. The van der Waals surface area contributed by atoms with E-state index in [1.165, 1.54) is 18.2 Å². The number of aryl methyl sites for hydroxylation is 1. The number of halogens is 1. The predicted octanol–water partition coefficient (Wildman–Crippen LogP) is 5.28. The second-order valence-electron chi connectivity index (χ2n) is 6.82. The van der Waals surface area contributed by atoms with Crippen LogP contribution in [0.1, 0.15) is 37.4 Å². The summed E-state index contributed by atoms with van der Waals surface area (Å²) < 4.78 is 24.5. The van der Waals surface area contributed by atoms with Crippen LogP contribution in [0.5, 0.6) is 11.5 Å². The van der Waals surface area contributed by atoms with Gasteiger partial charge in [-0.15, -0.1) is 0 Å². The van der Waals surface area contributed by atoms with E-state index in [1.54, 1.807) is 25.1 Å². The number of Topliss-reactive ketones (excluding diaryl/α,β-unsaturated/α-hetero) is 1. The summed E-state index contributed by atoms with van der Waals surface area (Å²) in [6.07, 6.45) is 1.68. The molecule has 4 nitrogen and oxygen atoms in total. The molecule has 0 aliphatic carbocycles. The van der Waals surface area contributed by atoms with Crippen LogP contribution in [0.3, 0.4) is 0 Å². The topological polar surface area (TPSA) is 52.6 Å². The third-order valence-electron chi connectivity index (χ3n) is 4.67. The highest BCUT2D eigenvalue weighted by atomic mass is 19.1. The quantitative estimate of drug-likeness (QED) is 0.348. The lowest BCUT2D eigenvalue weighted by Crippen LogP contribution is -2.09. The smallest absolute Gasteiger partial charge is 0.343 e. The van der Waals surface area contributed by atoms with Crippen LogP contribution in [0.25, 0.3) is 6.08 Å². The van der Waals surface area contributed by atoms with Gasteiger partial charge in [0.2, 0.25) is 5.78 Å². The van der Waals surface area contributed by atoms with Gasteiger partial charge in [-0.05, 0) is 55.8 Å². The summed E-state index contributed by atoms with van der Waals surface area (Å²) in [6, 6.07) is 16.1. The zero-order valence-corrected chi connectivity index (χ0v) is 15.9. The molecular weight excluding hydrogens is 371 g/mol. The first kappa shape index (κ1) is 18.6. The number of benzene rings is 3. The van der Waals surface area contributed by atoms with E-state index in [1.807, 2.05) is 31.2 Å². The molecule has 1 heterocycles. The number of rotatable bonds is 3. The van der Waals surface area contributed by atoms with Gasteiger partial charge in [0.15, 0.2) is 5.76 Å². The molecule has 0 aromatic heterocycles. The first-order valence-corrected chi connectivity index (χ1v) is 9.04. The highest BCUT2D eigenvalue weighted by Crippen LogP contribution is 2.39. The van der Waals surface area contributed by atoms with Crippen molar-refractivity contribution in [1.29, 1.82) is 0 Å². The van der Waals surface area contributed by atoms with Crippen molar-refractivity contribution in [3.8, 4) is 11.5 Å². The first-order valence-electron chi connectivity index (χ1n) is 9.04. The third-order valence-corrected chi connectivity index (χ3v) is 4.67. The van der Waals surface area contributed by atoms with Gasteiger partial charge in [-0.2, -0.15) is 0 Å². The van der Waals surface area contributed by atoms with E-state index in [2.05, 4.69) is 0 Å². The van der Waals surface area contributed by atoms with Crippen LogP contribution in [0.4, 0.5) is 4.39 Å². The number of hydrogen-bond acceptors (Lipinski definition) is 4. The normalized spacial score (nSPS) is 13.9. The van der Waals surface area contributed by atoms with Crippen LogP contribution in [-0.4, -0.2) is 11.8 Å². The lowest BCUT2D eigenvalue weighted by atomic mass is 10.1. The van der Waals surface area contributed by atoms with E-state index < -0.39 is 11.8 Å². The molecule has 0 saturated carbocycles. The third kappa shape index (κ3) is 3.67. The zero-order chi connectivity index (χ0) is 20.5. The van der Waals surface area contributed by atoms with Gasteiger partial charge in [0.1, 0.15) is 17.3 Å². The molecule has 0 bridgehead atoms. The van der Waals surface area contributed by atoms with Crippen LogP contribution < -0.4 is 9.47 Å². The fraction of sp³-hybridized carbons (Fsp3) is 0.0833. The Kier molecular flexibility index (Phi) is 4.72. The Morgan fingerprint density at radius 1 is 1.03 bits per heavy atom. The van der Waals surface area contributed by atoms with Crippen molar-refractivity contribution in [2.75, 3.05) is 0 Å². The van der Waals surface area contributed by atoms with Gasteiger partial charge in [-0.25, -0.2) is 9.18 Å². The van der Waals surface area contributed by atoms with Crippen LogP contribution in [0.15, 0.2) is 66.4 Å². The summed E-state index contributed by atoms with van der Waals surface area (Å²) in [6.45, 7) is 3.69. The summed E-state index contributed by atoms with van der Waals surface area (Å²) >= 11 is 0. The number of esters is 1. The molecule has 4 rings (SSSR count). The fourth-order valence-corrected chi connectivity index (χ4v) is 3.07. The van der Waals surface area contributed by atoms with Gasteiger partial charge in [-0.3, -0.25) is 4.79 Å². The maximum Gasteiger partial charge on any atom is 0.343 e. The number of ether oxygens (including phenoxy) is 2. The van der Waals surface area contributed by atoms with Crippen molar-refractivity contribution in [3.05, 3.63) is 100 Å². The zero-order valence-electron chi connectivity index (χ0n) is 15.9. The van der Waals surface area contributed by atoms with Crippen LogP contribution in [0.2, 0.25) is 0 Å². The van der Waals surface area contributed by atoms with Crippen molar-refractivity contribution < 1.29 is 23.5 Å². The van der Waals surface area contributed by atoms with E-state index in [4.69, 9.17) is 9.47 Å². The maximum atomic E-state index is 13.3. The Labute approximate surface area is 167 Å². The molecule has 0 atom stereocenters. The van der Waals surface area contributed by atoms with Gasteiger partial charge in [0, 0.05) is 5.56 Å². The van der Waals surface area contributed by atoms with Crippen molar-refractivity contribution in [1.82, 2.24) is 0 Å². The molecule has 0 amide bonds. The Bertz CT molecular complexity index is 1160. The Hall–Kier alpha value is -3.73. The summed E-state index contributed by atoms with van der Waals surface area (Å²) in [5.41, 5.74) is 3.00. The fourth-order valence-electron chi connectivity index (χ4n) is 3.07. The lowest BCUT2D eigenvalue weighted by Gasteiger charge is -2.10. The molecule has 144 valence electrons. The predicted molar refractivity (Wildman–Crippen MR) is 107 cm³/mol. The van der Waals surface area contributed by atoms with Gasteiger partial charge in [0.05, 0.1) is 11.1 Å². The van der Waals surface area contributed by atoms with Crippen molar-refractivity contribution >= 4 is 17.8 Å². The number of fused-ring (bicyclic) bond motifs is 1. The van der Waals surface area contributed by atoms with Gasteiger partial charge in [-0.1, -0.05) is 35.9 Å². The first-order chi connectivity index (χ1) is 13.9. The second-order valence-corrected chi connectivity index (χ2v) is 6.82. The molecule has 0 unspecified atom stereocenters. The number of allylic oxidation sites excluding steroid dienone is 1. The number of carbonyl (C=O) groups is 2. The van der Waals surface area contributed by atoms with E-state index >= 15 is 0 Å². The Balaban J connectivity index is 1.61. The molecule has 0 fully saturated rings. The van der Waals surface area contributed by atoms with E-state index in [9.17, 15) is 14.0 Å². The van der Waals surface area contributed by atoms with Crippen molar-refractivity contribution in [2.45, 2.75) is 13.8 Å². The minimum absolute atomic E-state index is 0.0989. The molecule has 0 N–H and O–H groups in total. The van der Waals surface area contributed by atoms with Crippen LogP contribution >= 0.6 is 0 Å². The molecule has 0 radical (unpaired) electrons. The average molecular weight is 388 g/mol. The Morgan fingerprint density at radius 3 is 2.52 bits per heavy atom. The number of ketones is 1. The minimum Gasteiger partial charge on any atom is -0.452 e. The van der Waals surface area contributed by atoms with Gasteiger partial charge >= 0.3 is 5.97 Å². The molecule has 1 aliphatic rings. The molecule has 0 saturated heterocycles. The van der Waals surface area contributed by atoms with E-state index in [0.717, 1.165) is 17.2 Å². The minimum atomic E-state index is -0.688. The molecular formula is C24H17FO4. The number of hydrogen-bond donors (Lipinski definition) is 0. The highest BCUT2D eigenvalue weighted by molar-refractivity contribution is 6.15. The largest absolute Gasteiger partial charge is 0.452 e. The summed E-state index contributed by atoms with van der Waals surface area (Å²) in [7, 11) is 0. The van der Waals surface area contributed by atoms with E-state index in [-0.39, 0.29) is 22.9 Å². The standard InChI is InChI=1S/C24H17FO4/c1-14-6-8-16(9-7-14)12-21-22(26)19-10-11-20(15(2)23(19)28-21)29-24(27)17-4-3-5-18(25)13-17/h3-13H,1-2H3/b21-12-. The van der Waals surface area contributed by atoms with Crippen molar-refractivity contribution in [2.24, 2.45) is 0 Å². The van der Waals surface area contributed by atoms with Crippen molar-refractivity contribution in [3.63, 3.8) is 0 Å². The molecule has 1 aliphatic heterocycles. The highest BCUT2D eigenvalue weighted by Gasteiger charge is 2.30. The lowest BCUT2D eigenvalue weighted by molar-refractivity contribution is 0.0732. The SMILES string of the molecule is Cc1ccc(/C=C2\Oc3c(ccc(OC(=O)c4cccc(F)c4)c3C)C2=O)cc1. The monoisotopic (exact) mass is 388 g/mol. The molecule has 0 spiro atoms. The number of carbonyl (C=O) groups excluding carboxylic acids is 2. The molecule has 29 heavy (non-hydrogen) atoms. The Morgan fingerprint density at radius 2 is 1.79 bits per heavy atom. The van der Waals surface area contributed by atoms with E-state index in [0.29, 0.717) is 16.9 Å². The van der Waals surface area contributed by atoms with Crippen LogP contribution in [-0.2, 0) is 0 Å². The second kappa shape index (κ2) is 7.36. The summed E-state index contributed by atoms with van der Waals surface area (Å²) in [5, 5.41) is 0. The average Bonchev–Trinajstić information content (AvgIpc) is 3.02. The maximum absolute atomic E-state index is 13.3. The summed E-state index contributed by atoms with van der Waals surface area (Å²) in [5.74, 6) is -0.621. The van der Waals surface area contributed by atoms with Crippen LogP contribution in [0, 0.1) is 19.7 Å². The molecule has 5 heteroatoms. The van der Waals surface area contributed by atoms with Gasteiger partial charge in [0.25, 0.3) is 0 Å². The van der Waals surface area contributed by atoms with Gasteiger partial charge < -0.3 is 9.47 Å².